The molecule has 0 aliphatic heterocycles. The highest BCUT2D eigenvalue weighted by atomic mass is 16.5. The lowest BCUT2D eigenvalue weighted by molar-refractivity contribution is 0.171. The number of methoxy groups -OCH3 is 2. The van der Waals surface area contributed by atoms with Gasteiger partial charge in [-0.15, -0.1) is 0 Å². The van der Waals surface area contributed by atoms with Crippen molar-refractivity contribution >= 4 is 0 Å². The lowest BCUT2D eigenvalue weighted by Crippen LogP contribution is -2.12. The van der Waals surface area contributed by atoms with Crippen LogP contribution in [0.25, 0.3) is 0 Å². The standard InChI is InChI=1S/C17H26O4/c1-20-10-13-8-14(12-6-4-3-5-7-12)15(9-18)16(11-21-2)17(13)19/h8,12,18-19H,3-7,9-11H2,1-2H3. The minimum atomic E-state index is -0.0641. The summed E-state index contributed by atoms with van der Waals surface area (Å²) in [4.78, 5) is 0. The fourth-order valence-electron chi connectivity index (χ4n) is 3.38. The lowest BCUT2D eigenvalue weighted by atomic mass is 9.80. The third-order valence-electron chi connectivity index (χ3n) is 4.42. The maximum atomic E-state index is 10.4. The smallest absolute Gasteiger partial charge is 0.126 e. The van der Waals surface area contributed by atoms with E-state index in [0.717, 1.165) is 29.5 Å². The second-order valence-corrected chi connectivity index (χ2v) is 5.79. The van der Waals surface area contributed by atoms with E-state index in [1.165, 1.54) is 19.3 Å². The molecule has 1 saturated carbocycles. The Labute approximate surface area is 126 Å². The Morgan fingerprint density at radius 1 is 1.05 bits per heavy atom. The highest BCUT2D eigenvalue weighted by molar-refractivity contribution is 5.50. The molecule has 4 heteroatoms. The summed E-state index contributed by atoms with van der Waals surface area (Å²) in [7, 11) is 3.22. The zero-order valence-corrected chi connectivity index (χ0v) is 13.0. The minimum absolute atomic E-state index is 0.0641. The highest BCUT2D eigenvalue weighted by Crippen LogP contribution is 2.39. The monoisotopic (exact) mass is 294 g/mol. The second kappa shape index (κ2) is 7.78. The molecule has 0 bridgehead atoms. The zero-order valence-electron chi connectivity index (χ0n) is 13.0. The molecule has 0 amide bonds. The van der Waals surface area contributed by atoms with Crippen LogP contribution >= 0.6 is 0 Å². The Hall–Kier alpha value is -1.10. The number of benzene rings is 1. The van der Waals surface area contributed by atoms with Gasteiger partial charge < -0.3 is 19.7 Å². The predicted molar refractivity (Wildman–Crippen MR) is 81.3 cm³/mol. The van der Waals surface area contributed by atoms with Crippen molar-refractivity contribution in [3.8, 4) is 5.75 Å². The van der Waals surface area contributed by atoms with Crippen molar-refractivity contribution in [3.63, 3.8) is 0 Å². The number of hydrogen-bond acceptors (Lipinski definition) is 4. The van der Waals surface area contributed by atoms with E-state index in [1.54, 1.807) is 14.2 Å². The summed E-state index contributed by atoms with van der Waals surface area (Å²) >= 11 is 0. The van der Waals surface area contributed by atoms with Gasteiger partial charge in [0.25, 0.3) is 0 Å². The van der Waals surface area contributed by atoms with Gasteiger partial charge in [0.2, 0.25) is 0 Å². The van der Waals surface area contributed by atoms with Crippen molar-refractivity contribution in [2.24, 2.45) is 0 Å². The maximum absolute atomic E-state index is 10.4. The van der Waals surface area contributed by atoms with Gasteiger partial charge in [-0.05, 0) is 36.0 Å². The first-order valence-corrected chi connectivity index (χ1v) is 7.68. The van der Waals surface area contributed by atoms with Gasteiger partial charge in [-0.3, -0.25) is 0 Å². The number of aliphatic hydroxyl groups excluding tert-OH is 1. The third kappa shape index (κ3) is 3.57. The first kappa shape index (κ1) is 16.3. The lowest BCUT2D eigenvalue weighted by Gasteiger charge is -2.27. The van der Waals surface area contributed by atoms with E-state index >= 15 is 0 Å². The molecule has 4 nitrogen and oxygen atoms in total. The Balaban J connectivity index is 2.49. The number of ether oxygens (including phenoxy) is 2. The quantitative estimate of drug-likeness (QED) is 0.845. The largest absolute Gasteiger partial charge is 0.507 e. The Bertz CT molecular complexity index is 464. The summed E-state index contributed by atoms with van der Waals surface area (Å²) in [6.45, 7) is 0.609. The van der Waals surface area contributed by atoms with Crippen LogP contribution in [0.2, 0.25) is 0 Å². The molecule has 0 heterocycles. The van der Waals surface area contributed by atoms with Gasteiger partial charge in [0.05, 0.1) is 19.8 Å². The molecular formula is C17H26O4. The number of aliphatic hydroxyl groups is 1. The summed E-state index contributed by atoms with van der Waals surface area (Å²) < 4.78 is 10.4. The van der Waals surface area contributed by atoms with Crippen molar-refractivity contribution in [3.05, 3.63) is 28.3 Å². The van der Waals surface area contributed by atoms with Gasteiger partial charge in [-0.25, -0.2) is 0 Å². The van der Waals surface area contributed by atoms with E-state index in [-0.39, 0.29) is 12.4 Å². The molecule has 2 N–H and O–H groups in total. The number of hydrogen-bond donors (Lipinski definition) is 2. The summed E-state index contributed by atoms with van der Waals surface area (Å²) in [6, 6.07) is 2.01. The number of rotatable bonds is 6. The molecule has 0 aromatic heterocycles. The van der Waals surface area contributed by atoms with Gasteiger partial charge in [-0.2, -0.15) is 0 Å². The van der Waals surface area contributed by atoms with E-state index in [9.17, 15) is 10.2 Å². The molecule has 2 rings (SSSR count). The Morgan fingerprint density at radius 3 is 2.29 bits per heavy atom. The van der Waals surface area contributed by atoms with Crippen LogP contribution in [0.1, 0.15) is 60.3 Å². The van der Waals surface area contributed by atoms with Crippen molar-refractivity contribution in [2.75, 3.05) is 14.2 Å². The molecule has 1 aromatic carbocycles. The SMILES string of the molecule is COCc1cc(C2CCCCC2)c(CO)c(COC)c1O. The van der Waals surface area contributed by atoms with Crippen LogP contribution in [0.4, 0.5) is 0 Å². The molecule has 1 aliphatic rings. The molecule has 1 fully saturated rings. The van der Waals surface area contributed by atoms with Gasteiger partial charge in [-0.1, -0.05) is 19.3 Å². The van der Waals surface area contributed by atoms with E-state index in [2.05, 4.69) is 0 Å². The fraction of sp³-hybridized carbons (Fsp3) is 0.647. The van der Waals surface area contributed by atoms with Crippen LogP contribution in [0, 0.1) is 0 Å². The van der Waals surface area contributed by atoms with Gasteiger partial charge in [0, 0.05) is 25.3 Å². The van der Waals surface area contributed by atoms with Gasteiger partial charge in [0.15, 0.2) is 0 Å². The first-order valence-electron chi connectivity index (χ1n) is 7.68. The van der Waals surface area contributed by atoms with Crippen LogP contribution in [0.3, 0.4) is 0 Å². The van der Waals surface area contributed by atoms with Crippen LogP contribution in [0.5, 0.6) is 5.75 Å². The molecule has 0 atom stereocenters. The molecule has 21 heavy (non-hydrogen) atoms. The van der Waals surface area contributed by atoms with Crippen LogP contribution < -0.4 is 0 Å². The molecule has 0 unspecified atom stereocenters. The topological polar surface area (TPSA) is 58.9 Å². The Morgan fingerprint density at radius 2 is 1.71 bits per heavy atom. The summed E-state index contributed by atoms with van der Waals surface area (Å²) in [5.41, 5.74) is 3.48. The maximum Gasteiger partial charge on any atom is 0.126 e. The molecule has 0 radical (unpaired) electrons. The molecule has 1 aliphatic carbocycles. The molecule has 0 saturated heterocycles. The second-order valence-electron chi connectivity index (χ2n) is 5.79. The van der Waals surface area contributed by atoms with Crippen LogP contribution in [0.15, 0.2) is 6.07 Å². The van der Waals surface area contributed by atoms with E-state index in [4.69, 9.17) is 9.47 Å². The number of aromatic hydroxyl groups is 1. The fourth-order valence-corrected chi connectivity index (χ4v) is 3.38. The van der Waals surface area contributed by atoms with Crippen molar-refractivity contribution < 1.29 is 19.7 Å². The average molecular weight is 294 g/mol. The molecule has 0 spiro atoms. The summed E-state index contributed by atoms with van der Waals surface area (Å²) in [5.74, 6) is 0.662. The predicted octanol–water partition coefficient (Wildman–Crippen LogP) is 3.23. The van der Waals surface area contributed by atoms with Crippen LogP contribution in [-0.2, 0) is 29.3 Å². The van der Waals surface area contributed by atoms with Crippen molar-refractivity contribution in [2.45, 2.75) is 57.8 Å². The summed E-state index contributed by atoms with van der Waals surface area (Å²) in [5, 5.41) is 20.2. The van der Waals surface area contributed by atoms with Gasteiger partial charge in [0.1, 0.15) is 5.75 Å². The third-order valence-corrected chi connectivity index (χ3v) is 4.42. The van der Waals surface area contributed by atoms with E-state index in [0.29, 0.717) is 24.7 Å². The summed E-state index contributed by atoms with van der Waals surface area (Å²) in [6.07, 6.45) is 6.05. The van der Waals surface area contributed by atoms with Crippen molar-refractivity contribution in [1.29, 1.82) is 0 Å². The molecular weight excluding hydrogens is 268 g/mol. The van der Waals surface area contributed by atoms with E-state index in [1.807, 2.05) is 6.07 Å². The average Bonchev–Trinajstić information content (AvgIpc) is 2.52. The molecule has 118 valence electrons. The molecule has 1 aromatic rings. The van der Waals surface area contributed by atoms with E-state index < -0.39 is 0 Å². The van der Waals surface area contributed by atoms with Gasteiger partial charge >= 0.3 is 0 Å². The number of phenolic OH excluding ortho intramolecular Hbond substituents is 1. The minimum Gasteiger partial charge on any atom is -0.507 e. The highest BCUT2D eigenvalue weighted by Gasteiger charge is 2.23. The van der Waals surface area contributed by atoms with Crippen molar-refractivity contribution in [1.82, 2.24) is 0 Å². The van der Waals surface area contributed by atoms with Crippen LogP contribution in [-0.4, -0.2) is 24.4 Å². The normalized spacial score (nSPS) is 16.3. The first-order chi connectivity index (χ1) is 10.2. The number of phenols is 1. The zero-order chi connectivity index (χ0) is 15.2. The Kier molecular flexibility index (Phi) is 6.03.